The molecular weight excluding hydrogens is 267 g/mol. The van der Waals surface area contributed by atoms with Crippen molar-refractivity contribution in [1.29, 1.82) is 0 Å². The van der Waals surface area contributed by atoms with Crippen LogP contribution in [0.5, 0.6) is 0 Å². The van der Waals surface area contributed by atoms with Crippen LogP contribution in [0.4, 0.5) is 10.5 Å². The lowest BCUT2D eigenvalue weighted by Crippen LogP contribution is -2.34. The Hall–Kier alpha value is -1.30. The van der Waals surface area contributed by atoms with Crippen LogP contribution < -0.4 is 4.90 Å². The monoisotopic (exact) mass is 274 g/mol. The van der Waals surface area contributed by atoms with Crippen molar-refractivity contribution in [2.24, 2.45) is 0 Å². The van der Waals surface area contributed by atoms with Crippen LogP contribution in [-0.4, -0.2) is 35.2 Å². The highest BCUT2D eigenvalue weighted by molar-refractivity contribution is 6.42. The highest BCUT2D eigenvalue weighted by Gasteiger charge is 2.43. The second-order valence-electron chi connectivity index (χ2n) is 3.52. The van der Waals surface area contributed by atoms with Gasteiger partial charge in [0, 0.05) is 7.05 Å². The number of aliphatic hydroxyl groups excluding tert-OH is 1. The number of hydrogen-bond acceptors (Lipinski definition) is 3. The topological polar surface area (TPSA) is 60.9 Å². The van der Waals surface area contributed by atoms with Crippen LogP contribution in [0.1, 0.15) is 0 Å². The molecule has 1 aromatic carbocycles. The Kier molecular flexibility index (Phi) is 2.99. The van der Waals surface area contributed by atoms with E-state index in [1.165, 1.54) is 25.2 Å². The van der Waals surface area contributed by atoms with Crippen molar-refractivity contribution in [3.05, 3.63) is 28.2 Å². The van der Waals surface area contributed by atoms with Crippen LogP contribution in [0.2, 0.25) is 10.0 Å². The summed E-state index contributed by atoms with van der Waals surface area (Å²) in [5.41, 5.74) is 0.314. The van der Waals surface area contributed by atoms with E-state index in [1.807, 2.05) is 0 Å². The first kappa shape index (κ1) is 12.2. The van der Waals surface area contributed by atoms with E-state index in [2.05, 4.69) is 0 Å². The molecule has 0 unspecified atom stereocenters. The van der Waals surface area contributed by atoms with E-state index in [0.717, 1.165) is 9.80 Å². The molecule has 0 saturated carbocycles. The molecule has 1 aliphatic heterocycles. The molecule has 1 aromatic rings. The average molecular weight is 275 g/mol. The van der Waals surface area contributed by atoms with Crippen molar-refractivity contribution in [3.8, 4) is 0 Å². The smallest absolute Gasteiger partial charge is 0.333 e. The molecule has 0 aliphatic carbocycles. The van der Waals surface area contributed by atoms with Gasteiger partial charge in [0.1, 0.15) is 0 Å². The number of likely N-dealkylation sites (N-methyl/N-ethyl adjacent to an activating group) is 1. The van der Waals surface area contributed by atoms with E-state index < -0.39 is 18.2 Å². The molecule has 0 radical (unpaired) electrons. The van der Waals surface area contributed by atoms with Crippen molar-refractivity contribution in [2.75, 3.05) is 11.9 Å². The maximum atomic E-state index is 11.7. The van der Waals surface area contributed by atoms with Gasteiger partial charge in [0.15, 0.2) is 0 Å². The third-order valence-corrected chi connectivity index (χ3v) is 3.21. The first-order valence-corrected chi connectivity index (χ1v) is 5.43. The molecule has 17 heavy (non-hydrogen) atoms. The van der Waals surface area contributed by atoms with Crippen LogP contribution in [0.3, 0.4) is 0 Å². The van der Waals surface area contributed by atoms with Crippen molar-refractivity contribution in [1.82, 2.24) is 4.90 Å². The molecule has 90 valence electrons. The van der Waals surface area contributed by atoms with Crippen LogP contribution in [-0.2, 0) is 4.79 Å². The van der Waals surface area contributed by atoms with Crippen molar-refractivity contribution >= 4 is 40.8 Å². The van der Waals surface area contributed by atoms with Crippen LogP contribution in [0.25, 0.3) is 0 Å². The number of benzene rings is 1. The van der Waals surface area contributed by atoms with E-state index in [1.54, 1.807) is 0 Å². The first-order chi connectivity index (χ1) is 7.93. The number of urea groups is 1. The van der Waals surface area contributed by atoms with Crippen LogP contribution in [0.15, 0.2) is 18.2 Å². The number of halogens is 2. The zero-order valence-electron chi connectivity index (χ0n) is 8.72. The van der Waals surface area contributed by atoms with Crippen molar-refractivity contribution in [2.45, 2.75) is 6.23 Å². The summed E-state index contributed by atoms with van der Waals surface area (Å²) in [5.74, 6) is -0.680. The van der Waals surface area contributed by atoms with Gasteiger partial charge in [-0.1, -0.05) is 23.2 Å². The minimum atomic E-state index is -1.52. The summed E-state index contributed by atoms with van der Waals surface area (Å²) in [6.45, 7) is 0. The SMILES string of the molecule is CN1C(=O)[C@H](O)N(c2ccc(Cl)c(Cl)c2)C1=O. The number of carbonyl (C=O) groups is 2. The summed E-state index contributed by atoms with van der Waals surface area (Å²) in [6, 6.07) is 3.79. The van der Waals surface area contributed by atoms with Crippen LogP contribution in [0, 0.1) is 0 Å². The molecule has 1 heterocycles. The standard InChI is InChI=1S/C10H8Cl2N2O3/c1-13-8(15)9(16)14(10(13)17)5-2-3-6(11)7(12)4-5/h2-4,9,16H,1H3/t9-/m0/s1. The quantitative estimate of drug-likeness (QED) is 0.794. The Morgan fingerprint density at radius 2 is 1.88 bits per heavy atom. The average Bonchev–Trinajstić information content (AvgIpc) is 2.48. The Balaban J connectivity index is 2.43. The summed E-state index contributed by atoms with van der Waals surface area (Å²) in [5, 5.41) is 10.2. The molecule has 2 rings (SSSR count). The predicted molar refractivity (Wildman–Crippen MR) is 63.1 cm³/mol. The largest absolute Gasteiger partial charge is 0.365 e. The van der Waals surface area contributed by atoms with Crippen LogP contribution >= 0.6 is 23.2 Å². The normalized spacial score (nSPS) is 20.4. The number of amides is 3. The number of nitrogens with zero attached hydrogens (tertiary/aromatic N) is 2. The molecule has 1 aliphatic rings. The lowest BCUT2D eigenvalue weighted by Gasteiger charge is -2.18. The van der Waals surface area contributed by atoms with Gasteiger partial charge in [-0.2, -0.15) is 0 Å². The third kappa shape index (κ3) is 1.86. The van der Waals surface area contributed by atoms with Gasteiger partial charge in [0.2, 0.25) is 6.23 Å². The molecule has 1 atom stereocenters. The van der Waals surface area contributed by atoms with Gasteiger partial charge in [-0.25, -0.2) is 4.79 Å². The van der Waals surface area contributed by atoms with E-state index in [9.17, 15) is 14.7 Å². The Labute approximate surface area is 107 Å². The second kappa shape index (κ2) is 4.18. The van der Waals surface area contributed by atoms with Gasteiger partial charge in [0.05, 0.1) is 15.7 Å². The minimum absolute atomic E-state index is 0.242. The van der Waals surface area contributed by atoms with Gasteiger partial charge in [0.25, 0.3) is 5.91 Å². The van der Waals surface area contributed by atoms with Gasteiger partial charge in [-0.3, -0.25) is 14.6 Å². The molecule has 0 aromatic heterocycles. The van der Waals surface area contributed by atoms with E-state index in [4.69, 9.17) is 23.2 Å². The van der Waals surface area contributed by atoms with E-state index in [0.29, 0.717) is 10.7 Å². The number of rotatable bonds is 1. The highest BCUT2D eigenvalue weighted by atomic mass is 35.5. The van der Waals surface area contributed by atoms with E-state index >= 15 is 0 Å². The van der Waals surface area contributed by atoms with Crippen molar-refractivity contribution in [3.63, 3.8) is 0 Å². The first-order valence-electron chi connectivity index (χ1n) is 4.67. The summed E-state index contributed by atoms with van der Waals surface area (Å²) >= 11 is 11.6. The number of imide groups is 1. The molecule has 3 amide bonds. The highest BCUT2D eigenvalue weighted by Crippen LogP contribution is 2.30. The number of hydrogen-bond donors (Lipinski definition) is 1. The maximum absolute atomic E-state index is 11.7. The molecule has 1 fully saturated rings. The lowest BCUT2D eigenvalue weighted by molar-refractivity contribution is -0.132. The van der Waals surface area contributed by atoms with Crippen molar-refractivity contribution < 1.29 is 14.7 Å². The lowest BCUT2D eigenvalue weighted by atomic mass is 10.3. The number of carbonyl (C=O) groups excluding carboxylic acids is 2. The fraction of sp³-hybridized carbons (Fsp3) is 0.200. The van der Waals surface area contributed by atoms with Gasteiger partial charge >= 0.3 is 6.03 Å². The fourth-order valence-electron chi connectivity index (χ4n) is 1.53. The number of anilines is 1. The summed E-state index contributed by atoms with van der Waals surface area (Å²) < 4.78 is 0. The summed E-state index contributed by atoms with van der Waals surface area (Å²) in [4.78, 5) is 24.9. The fourth-order valence-corrected chi connectivity index (χ4v) is 1.82. The number of aliphatic hydroxyl groups is 1. The summed E-state index contributed by atoms with van der Waals surface area (Å²) in [7, 11) is 1.30. The predicted octanol–water partition coefficient (Wildman–Crippen LogP) is 1.71. The maximum Gasteiger partial charge on any atom is 0.333 e. The van der Waals surface area contributed by atoms with Gasteiger partial charge in [-0.05, 0) is 18.2 Å². The molecule has 7 heteroatoms. The summed E-state index contributed by atoms with van der Waals surface area (Å²) in [6.07, 6.45) is -1.52. The van der Waals surface area contributed by atoms with Gasteiger partial charge in [-0.15, -0.1) is 0 Å². The molecule has 1 saturated heterocycles. The molecule has 0 bridgehead atoms. The molecule has 0 spiro atoms. The zero-order chi connectivity index (χ0) is 12.7. The molecular formula is C10H8Cl2N2O3. The Morgan fingerprint density at radius 1 is 1.24 bits per heavy atom. The molecule has 5 nitrogen and oxygen atoms in total. The third-order valence-electron chi connectivity index (χ3n) is 2.47. The van der Waals surface area contributed by atoms with Gasteiger partial charge < -0.3 is 5.11 Å². The Morgan fingerprint density at radius 3 is 2.35 bits per heavy atom. The molecule has 1 N–H and O–H groups in total. The minimum Gasteiger partial charge on any atom is -0.365 e. The zero-order valence-corrected chi connectivity index (χ0v) is 10.2. The second-order valence-corrected chi connectivity index (χ2v) is 4.34. The van der Waals surface area contributed by atoms with E-state index in [-0.39, 0.29) is 5.02 Å². The Bertz CT molecular complexity index is 506.